The van der Waals surface area contributed by atoms with Crippen LogP contribution in [0.15, 0.2) is 52.1 Å². The Balaban J connectivity index is 2.19. The molecule has 104 valence electrons. The number of halogens is 2. The average Bonchev–Trinajstić information content (AvgIpc) is 2.46. The van der Waals surface area contributed by atoms with Crippen LogP contribution in [-0.4, -0.2) is 10.9 Å². The molecule has 0 radical (unpaired) electrons. The zero-order valence-electron chi connectivity index (χ0n) is 10.8. The summed E-state index contributed by atoms with van der Waals surface area (Å²) in [4.78, 5) is 0. The summed E-state index contributed by atoms with van der Waals surface area (Å²) in [6.07, 6.45) is 0. The number of oxime groups is 1. The van der Waals surface area contributed by atoms with E-state index in [1.165, 1.54) is 12.1 Å². The van der Waals surface area contributed by atoms with Crippen molar-refractivity contribution >= 4 is 21.6 Å². The first-order chi connectivity index (χ1) is 9.61. The number of ether oxygens (including phenoxy) is 1. The number of rotatable bonds is 4. The van der Waals surface area contributed by atoms with Gasteiger partial charge in [0.05, 0.1) is 5.71 Å². The summed E-state index contributed by atoms with van der Waals surface area (Å²) in [5, 5.41) is 12.0. The van der Waals surface area contributed by atoms with Crippen molar-refractivity contribution in [2.75, 3.05) is 0 Å². The lowest BCUT2D eigenvalue weighted by molar-refractivity contribution is 0.302. The van der Waals surface area contributed by atoms with Crippen LogP contribution in [0.5, 0.6) is 5.75 Å². The third kappa shape index (κ3) is 3.36. The molecule has 0 heterocycles. The molecule has 2 aromatic carbocycles. The summed E-state index contributed by atoms with van der Waals surface area (Å²) in [5.74, 6) is 0.309. The average molecular weight is 338 g/mol. The molecule has 20 heavy (non-hydrogen) atoms. The highest BCUT2D eigenvalue weighted by Gasteiger charge is 2.08. The largest absolute Gasteiger partial charge is 0.488 e. The van der Waals surface area contributed by atoms with Gasteiger partial charge in [-0.15, -0.1) is 0 Å². The van der Waals surface area contributed by atoms with Gasteiger partial charge in [-0.3, -0.25) is 0 Å². The Bertz CT molecular complexity index is 644. The maximum atomic E-state index is 13.0. The fourth-order valence-corrected chi connectivity index (χ4v) is 2.20. The summed E-state index contributed by atoms with van der Waals surface area (Å²) in [7, 11) is 0. The van der Waals surface area contributed by atoms with Crippen LogP contribution in [0.3, 0.4) is 0 Å². The first kappa shape index (κ1) is 14.5. The van der Waals surface area contributed by atoms with Crippen molar-refractivity contribution in [1.29, 1.82) is 0 Å². The van der Waals surface area contributed by atoms with E-state index in [9.17, 15) is 4.39 Å². The second kappa shape index (κ2) is 6.52. The van der Waals surface area contributed by atoms with Crippen LogP contribution in [0, 0.1) is 5.82 Å². The summed E-state index contributed by atoms with van der Waals surface area (Å²) in [6, 6.07) is 11.7. The number of hydrogen-bond donors (Lipinski definition) is 1. The van der Waals surface area contributed by atoms with Crippen LogP contribution in [0.4, 0.5) is 4.39 Å². The predicted octanol–water partition coefficient (Wildman–Crippen LogP) is 4.37. The lowest BCUT2D eigenvalue weighted by atomic mass is 10.1. The summed E-state index contributed by atoms with van der Waals surface area (Å²) in [5.41, 5.74) is 2.02. The van der Waals surface area contributed by atoms with Crippen LogP contribution >= 0.6 is 15.9 Å². The van der Waals surface area contributed by atoms with E-state index in [4.69, 9.17) is 9.94 Å². The molecule has 0 unspecified atom stereocenters. The molecule has 1 N–H and O–H groups in total. The molecular formula is C15H13BrFNO2. The Kier molecular flexibility index (Phi) is 4.74. The van der Waals surface area contributed by atoms with Gasteiger partial charge in [0.25, 0.3) is 0 Å². The molecule has 0 aliphatic carbocycles. The van der Waals surface area contributed by atoms with Crippen molar-refractivity contribution in [3.05, 3.63) is 63.9 Å². The molecule has 0 spiro atoms. The Morgan fingerprint density at radius 2 is 2.05 bits per heavy atom. The number of nitrogens with zero attached hydrogens (tertiary/aromatic N) is 1. The molecule has 0 fully saturated rings. The molecule has 2 aromatic rings. The maximum Gasteiger partial charge on any atom is 0.128 e. The molecule has 0 aromatic heterocycles. The zero-order valence-corrected chi connectivity index (χ0v) is 12.4. The first-order valence-corrected chi connectivity index (χ1v) is 6.76. The Labute approximate surface area is 124 Å². The van der Waals surface area contributed by atoms with Crippen molar-refractivity contribution in [1.82, 2.24) is 0 Å². The molecule has 0 saturated heterocycles. The molecule has 5 heteroatoms. The highest BCUT2D eigenvalue weighted by atomic mass is 79.9. The smallest absolute Gasteiger partial charge is 0.128 e. The van der Waals surface area contributed by atoms with Crippen LogP contribution in [0.25, 0.3) is 0 Å². The molecule has 3 nitrogen and oxygen atoms in total. The number of benzene rings is 2. The molecule has 0 aliphatic heterocycles. The highest BCUT2D eigenvalue weighted by molar-refractivity contribution is 9.10. The van der Waals surface area contributed by atoms with Gasteiger partial charge >= 0.3 is 0 Å². The van der Waals surface area contributed by atoms with E-state index < -0.39 is 0 Å². The zero-order chi connectivity index (χ0) is 14.5. The van der Waals surface area contributed by atoms with Gasteiger partial charge in [-0.1, -0.05) is 39.3 Å². The monoisotopic (exact) mass is 337 g/mol. The Hall–Kier alpha value is -1.88. The highest BCUT2D eigenvalue weighted by Crippen LogP contribution is 2.23. The van der Waals surface area contributed by atoms with Gasteiger partial charge in [-0.2, -0.15) is 0 Å². The van der Waals surface area contributed by atoms with Gasteiger partial charge in [0, 0.05) is 15.6 Å². The molecular weight excluding hydrogens is 325 g/mol. The van der Waals surface area contributed by atoms with Crippen molar-refractivity contribution in [2.24, 2.45) is 5.16 Å². The third-order valence-electron chi connectivity index (χ3n) is 2.83. The van der Waals surface area contributed by atoms with Crippen molar-refractivity contribution in [3.63, 3.8) is 0 Å². The quantitative estimate of drug-likeness (QED) is 0.511. The molecule has 0 bridgehead atoms. The maximum absolute atomic E-state index is 13.0. The minimum Gasteiger partial charge on any atom is -0.488 e. The van der Waals surface area contributed by atoms with Crippen molar-refractivity contribution in [2.45, 2.75) is 13.5 Å². The van der Waals surface area contributed by atoms with Crippen LogP contribution < -0.4 is 4.74 Å². The normalized spacial score (nSPS) is 11.4. The Morgan fingerprint density at radius 1 is 1.30 bits per heavy atom. The van der Waals surface area contributed by atoms with E-state index in [1.54, 1.807) is 19.1 Å². The van der Waals surface area contributed by atoms with Gasteiger partial charge in [0.15, 0.2) is 0 Å². The van der Waals surface area contributed by atoms with Crippen LogP contribution in [0.1, 0.15) is 18.1 Å². The van der Waals surface area contributed by atoms with E-state index >= 15 is 0 Å². The fraction of sp³-hybridized carbons (Fsp3) is 0.133. The summed E-state index contributed by atoms with van der Waals surface area (Å²) in [6.45, 7) is 1.98. The SMILES string of the molecule is C/C(=N\O)c1ccccc1OCc1ccc(F)cc1Br. The number of hydrogen-bond acceptors (Lipinski definition) is 3. The fourth-order valence-electron chi connectivity index (χ4n) is 1.74. The second-order valence-corrected chi connectivity index (χ2v) is 5.06. The van der Waals surface area contributed by atoms with E-state index in [1.807, 2.05) is 18.2 Å². The van der Waals surface area contributed by atoms with Gasteiger partial charge in [0.1, 0.15) is 18.2 Å². The van der Waals surface area contributed by atoms with E-state index in [2.05, 4.69) is 21.1 Å². The van der Waals surface area contributed by atoms with Crippen LogP contribution in [-0.2, 0) is 6.61 Å². The van der Waals surface area contributed by atoms with Crippen molar-refractivity contribution in [3.8, 4) is 5.75 Å². The number of para-hydroxylation sites is 1. The van der Waals surface area contributed by atoms with Crippen LogP contribution in [0.2, 0.25) is 0 Å². The second-order valence-electron chi connectivity index (χ2n) is 4.21. The van der Waals surface area contributed by atoms with Gasteiger partial charge < -0.3 is 9.94 Å². The third-order valence-corrected chi connectivity index (χ3v) is 3.56. The molecule has 0 saturated carbocycles. The minimum atomic E-state index is -0.302. The van der Waals surface area contributed by atoms with Crippen molar-refractivity contribution < 1.29 is 14.3 Å². The molecule has 0 aliphatic rings. The predicted molar refractivity (Wildman–Crippen MR) is 78.9 cm³/mol. The molecule has 2 rings (SSSR count). The van der Waals surface area contributed by atoms with Gasteiger partial charge in [-0.05, 0) is 31.2 Å². The lowest BCUT2D eigenvalue weighted by Gasteiger charge is -2.11. The molecule has 0 atom stereocenters. The van der Waals surface area contributed by atoms with E-state index in [0.717, 1.165) is 5.56 Å². The Morgan fingerprint density at radius 3 is 2.75 bits per heavy atom. The summed E-state index contributed by atoms with van der Waals surface area (Å²) >= 11 is 3.30. The van der Waals surface area contributed by atoms with E-state index in [-0.39, 0.29) is 12.4 Å². The molecule has 0 amide bonds. The summed E-state index contributed by atoms with van der Waals surface area (Å²) < 4.78 is 19.4. The lowest BCUT2D eigenvalue weighted by Crippen LogP contribution is -2.03. The van der Waals surface area contributed by atoms with Gasteiger partial charge in [-0.25, -0.2) is 4.39 Å². The van der Waals surface area contributed by atoms with E-state index in [0.29, 0.717) is 21.5 Å². The minimum absolute atomic E-state index is 0.288. The standard InChI is InChI=1S/C15H13BrFNO2/c1-10(18-19)13-4-2-3-5-15(13)20-9-11-6-7-12(17)8-14(11)16/h2-8,19H,9H2,1H3/b18-10+. The topological polar surface area (TPSA) is 41.8 Å². The first-order valence-electron chi connectivity index (χ1n) is 5.96. The van der Waals surface area contributed by atoms with Gasteiger partial charge in [0.2, 0.25) is 0 Å².